The Balaban J connectivity index is 1.01. The maximum atomic E-state index is 9.12. The van der Waals surface area contributed by atoms with Gasteiger partial charge in [-0.3, -0.25) is 10.4 Å². The fourth-order valence-corrected chi connectivity index (χ4v) is 10.1. The van der Waals surface area contributed by atoms with E-state index in [0.717, 1.165) is 73.1 Å². The van der Waals surface area contributed by atoms with E-state index >= 15 is 0 Å². The first-order chi connectivity index (χ1) is 33.2. The maximum absolute atomic E-state index is 9.12. The summed E-state index contributed by atoms with van der Waals surface area (Å²) in [5.74, 6) is 0. The molecular formula is C64H52N4. The Kier molecular flexibility index (Phi) is 10.8. The van der Waals surface area contributed by atoms with Gasteiger partial charge in [0, 0.05) is 22.2 Å². The minimum atomic E-state index is -0.128. The van der Waals surface area contributed by atoms with Crippen molar-refractivity contribution >= 4 is 69.7 Å². The fourth-order valence-electron chi connectivity index (χ4n) is 10.1. The van der Waals surface area contributed by atoms with Crippen LogP contribution in [0.25, 0.3) is 57.8 Å². The van der Waals surface area contributed by atoms with Crippen molar-refractivity contribution in [2.45, 2.75) is 33.1 Å². The van der Waals surface area contributed by atoms with Crippen molar-refractivity contribution in [3.63, 3.8) is 0 Å². The molecule has 0 unspecified atom stereocenters. The number of hydrazine groups is 1. The fraction of sp³-hybridized carbons (Fsp3) is 0.0781. The normalized spacial score (nSPS) is 14.3. The number of anilines is 5. The maximum Gasteiger partial charge on any atom is 0.0703 e. The summed E-state index contributed by atoms with van der Waals surface area (Å²) in [7, 11) is 0. The summed E-state index contributed by atoms with van der Waals surface area (Å²) in [5.41, 5.74) is 26.7. The van der Waals surface area contributed by atoms with Crippen molar-refractivity contribution in [1.82, 2.24) is 5.43 Å². The summed E-state index contributed by atoms with van der Waals surface area (Å²) in [6.45, 7) is 8.94. The Morgan fingerprint density at radius 1 is 0.515 bits per heavy atom. The van der Waals surface area contributed by atoms with Gasteiger partial charge >= 0.3 is 0 Å². The highest BCUT2D eigenvalue weighted by Crippen LogP contribution is 2.52. The van der Waals surface area contributed by atoms with Crippen LogP contribution in [0.2, 0.25) is 0 Å². The third-order valence-electron chi connectivity index (χ3n) is 13.7. The van der Waals surface area contributed by atoms with Crippen molar-refractivity contribution in [3.05, 3.63) is 256 Å². The van der Waals surface area contributed by atoms with Gasteiger partial charge in [-0.15, -0.1) is 0 Å². The van der Waals surface area contributed by atoms with Gasteiger partial charge < -0.3 is 10.3 Å². The number of rotatable bonds is 9. The van der Waals surface area contributed by atoms with E-state index < -0.39 is 0 Å². The number of allylic oxidation sites excluding steroid dienone is 5. The molecule has 0 fully saturated rings. The Labute approximate surface area is 400 Å². The SMILES string of the molecule is C/C=C\C=C(/C)c1ccc2c(c1)C=Cc1cc(-c3ccc4c(c3)C=Cc3ccccc3N4N/C(=C\C(=N)c3ccccc3)c3ccccc3)ccc1N2c1ccc2c(c1)C(C)(C)c1ccccc1-2. The monoisotopic (exact) mass is 876 g/mol. The molecule has 8 aromatic rings. The molecule has 1 aliphatic carbocycles. The van der Waals surface area contributed by atoms with Gasteiger partial charge in [0.1, 0.15) is 0 Å². The molecule has 11 rings (SSSR count). The number of para-hydroxylation sites is 1. The van der Waals surface area contributed by atoms with Gasteiger partial charge in [-0.25, -0.2) is 0 Å². The molecule has 2 aliphatic heterocycles. The zero-order valence-corrected chi connectivity index (χ0v) is 38.8. The number of hydrogen-bond acceptors (Lipinski definition) is 4. The summed E-state index contributed by atoms with van der Waals surface area (Å²) in [6.07, 6.45) is 17.3. The van der Waals surface area contributed by atoms with E-state index in [1.165, 1.54) is 39.0 Å². The van der Waals surface area contributed by atoms with Gasteiger partial charge in [0.15, 0.2) is 0 Å². The summed E-state index contributed by atoms with van der Waals surface area (Å²) in [4.78, 5) is 2.46. The number of hydrogen-bond donors (Lipinski definition) is 2. The van der Waals surface area contributed by atoms with E-state index in [9.17, 15) is 0 Å². The lowest BCUT2D eigenvalue weighted by Gasteiger charge is -2.30. The Morgan fingerprint density at radius 2 is 1.09 bits per heavy atom. The van der Waals surface area contributed by atoms with Crippen molar-refractivity contribution in [1.29, 1.82) is 5.41 Å². The lowest BCUT2D eigenvalue weighted by atomic mass is 9.82. The summed E-state index contributed by atoms with van der Waals surface area (Å²) in [6, 6.07) is 65.1. The van der Waals surface area contributed by atoms with E-state index in [1.807, 2.05) is 54.6 Å². The first kappa shape index (κ1) is 42.2. The van der Waals surface area contributed by atoms with Crippen molar-refractivity contribution in [2.24, 2.45) is 0 Å². The highest BCUT2D eigenvalue weighted by atomic mass is 15.5. The van der Waals surface area contributed by atoms with E-state index in [0.29, 0.717) is 5.71 Å². The molecule has 2 N–H and O–H groups in total. The molecule has 0 aromatic heterocycles. The van der Waals surface area contributed by atoms with Gasteiger partial charge in [0.2, 0.25) is 0 Å². The van der Waals surface area contributed by atoms with Crippen LogP contribution in [0.4, 0.5) is 28.4 Å². The quantitative estimate of drug-likeness (QED) is 0.112. The van der Waals surface area contributed by atoms with E-state index in [4.69, 9.17) is 5.41 Å². The van der Waals surface area contributed by atoms with Crippen LogP contribution in [0.15, 0.2) is 206 Å². The van der Waals surface area contributed by atoms with Gasteiger partial charge in [-0.05, 0) is 141 Å². The molecule has 3 aliphatic rings. The molecule has 4 heteroatoms. The predicted molar refractivity (Wildman–Crippen MR) is 290 cm³/mol. The van der Waals surface area contributed by atoms with Crippen LogP contribution < -0.4 is 15.3 Å². The van der Waals surface area contributed by atoms with Crippen molar-refractivity contribution in [3.8, 4) is 22.3 Å². The summed E-state index contributed by atoms with van der Waals surface area (Å²) in [5, 5.41) is 11.3. The molecule has 0 spiro atoms. The highest BCUT2D eigenvalue weighted by molar-refractivity contribution is 6.10. The van der Waals surface area contributed by atoms with Crippen LogP contribution in [0.5, 0.6) is 0 Å². The van der Waals surface area contributed by atoms with Crippen LogP contribution in [0, 0.1) is 5.41 Å². The molecule has 0 radical (unpaired) electrons. The topological polar surface area (TPSA) is 42.4 Å². The standard InChI is InChI=1S/C64H52N4/c1-5-6-17-43(2)47-30-35-60-50(38-47)28-29-51-39-48(31-36-61(51)67(60)53-33-34-55-54-23-14-15-24-56(54)64(3,4)57(55)41-53)49-32-37-63-52(40-49)27-26-46-22-13-16-25-62(46)68(63)66-59(45-20-11-8-12-21-45)42-58(65)44-18-9-7-10-19-44/h5-42,65-66H,1-4H3/b6-5-,43-17+,59-42-,65-58?. The number of benzene rings is 8. The molecule has 0 bridgehead atoms. The molecule has 8 aromatic carbocycles. The van der Waals surface area contributed by atoms with Crippen LogP contribution in [0.3, 0.4) is 0 Å². The molecule has 0 saturated heterocycles. The van der Waals surface area contributed by atoms with E-state index in [-0.39, 0.29) is 5.41 Å². The molecular weight excluding hydrogens is 825 g/mol. The largest absolute Gasteiger partial charge is 0.309 e. The molecule has 2 heterocycles. The minimum Gasteiger partial charge on any atom is -0.309 e. The van der Waals surface area contributed by atoms with E-state index in [2.05, 4.69) is 219 Å². The molecule has 4 nitrogen and oxygen atoms in total. The molecule has 0 saturated carbocycles. The Hall–Kier alpha value is -8.47. The Bertz CT molecular complexity index is 3440. The molecule has 0 amide bonds. The zero-order valence-electron chi connectivity index (χ0n) is 38.8. The van der Waals surface area contributed by atoms with Crippen LogP contribution in [0.1, 0.15) is 77.8 Å². The van der Waals surface area contributed by atoms with Crippen molar-refractivity contribution < 1.29 is 0 Å². The summed E-state index contributed by atoms with van der Waals surface area (Å²) >= 11 is 0. The zero-order chi connectivity index (χ0) is 46.4. The first-order valence-electron chi connectivity index (χ1n) is 23.5. The third kappa shape index (κ3) is 7.60. The second-order valence-electron chi connectivity index (χ2n) is 18.3. The second-order valence-corrected chi connectivity index (χ2v) is 18.3. The smallest absolute Gasteiger partial charge is 0.0703 e. The van der Waals surface area contributed by atoms with Gasteiger partial charge in [0.25, 0.3) is 0 Å². The van der Waals surface area contributed by atoms with Crippen LogP contribution in [-0.2, 0) is 5.41 Å². The second kappa shape index (κ2) is 17.4. The highest BCUT2D eigenvalue weighted by Gasteiger charge is 2.36. The van der Waals surface area contributed by atoms with Crippen LogP contribution >= 0.6 is 0 Å². The first-order valence-corrected chi connectivity index (χ1v) is 23.5. The van der Waals surface area contributed by atoms with Gasteiger partial charge in [-0.2, -0.15) is 0 Å². The predicted octanol–water partition coefficient (Wildman–Crippen LogP) is 16.8. The lowest BCUT2D eigenvalue weighted by molar-refractivity contribution is 0.660. The molecule has 68 heavy (non-hydrogen) atoms. The van der Waals surface area contributed by atoms with Crippen LogP contribution in [-0.4, -0.2) is 5.71 Å². The number of nitrogens with one attached hydrogen (secondary N) is 2. The van der Waals surface area contributed by atoms with Gasteiger partial charge in [0.05, 0.1) is 34.2 Å². The molecule has 0 atom stereocenters. The minimum absolute atomic E-state index is 0.128. The third-order valence-corrected chi connectivity index (χ3v) is 13.7. The van der Waals surface area contributed by atoms with E-state index in [1.54, 1.807) is 0 Å². The number of nitrogens with zero attached hydrogens (tertiary/aromatic N) is 2. The van der Waals surface area contributed by atoms with Gasteiger partial charge in [-0.1, -0.05) is 184 Å². The molecule has 328 valence electrons. The average molecular weight is 877 g/mol. The number of fused-ring (bicyclic) bond motifs is 7. The average Bonchev–Trinajstić information content (AvgIpc) is 3.48. The summed E-state index contributed by atoms with van der Waals surface area (Å²) < 4.78 is 0. The van der Waals surface area contributed by atoms with Crippen molar-refractivity contribution in [2.75, 3.05) is 9.91 Å². The Morgan fingerprint density at radius 3 is 1.82 bits per heavy atom. The lowest BCUT2D eigenvalue weighted by Crippen LogP contribution is -2.33.